The van der Waals surface area contributed by atoms with E-state index in [0.29, 0.717) is 28.0 Å². The van der Waals surface area contributed by atoms with E-state index < -0.39 is 17.2 Å². The number of nitrogens with zero attached hydrogens (tertiary/aromatic N) is 2. The third kappa shape index (κ3) is 4.52. The lowest BCUT2D eigenvalue weighted by Crippen LogP contribution is -2.36. The molecule has 1 heterocycles. The summed E-state index contributed by atoms with van der Waals surface area (Å²) < 4.78 is 11.4. The smallest absolute Gasteiger partial charge is 0.328 e. The fraction of sp³-hybridized carbons (Fsp3) is 0.200. The predicted molar refractivity (Wildman–Crippen MR) is 109 cm³/mol. The van der Waals surface area contributed by atoms with E-state index in [-0.39, 0.29) is 13.0 Å². The molecule has 3 rings (SSSR count). The maximum absolute atomic E-state index is 12.4. The van der Waals surface area contributed by atoms with Crippen molar-refractivity contribution in [1.82, 2.24) is 15.0 Å². The van der Waals surface area contributed by atoms with Crippen molar-refractivity contribution < 1.29 is 14.3 Å². The van der Waals surface area contributed by atoms with Crippen molar-refractivity contribution in [3.63, 3.8) is 0 Å². The molecule has 1 aromatic heterocycles. The van der Waals surface area contributed by atoms with Crippen LogP contribution in [0.5, 0.6) is 11.5 Å². The Bertz CT molecular complexity index is 1180. The lowest BCUT2D eigenvalue weighted by Gasteiger charge is -2.07. The van der Waals surface area contributed by atoms with Gasteiger partial charge in [-0.25, -0.2) is 10.2 Å². The van der Waals surface area contributed by atoms with E-state index in [9.17, 15) is 14.4 Å². The number of para-hydroxylation sites is 1. The number of H-pyrrole nitrogens is 1. The lowest BCUT2D eigenvalue weighted by atomic mass is 10.2. The van der Waals surface area contributed by atoms with E-state index in [1.54, 1.807) is 49.6 Å². The second-order valence-corrected chi connectivity index (χ2v) is 6.08. The first-order valence-electron chi connectivity index (χ1n) is 8.79. The van der Waals surface area contributed by atoms with Crippen LogP contribution in [0.3, 0.4) is 0 Å². The van der Waals surface area contributed by atoms with Crippen molar-refractivity contribution >= 4 is 23.0 Å². The fourth-order valence-corrected chi connectivity index (χ4v) is 2.77. The van der Waals surface area contributed by atoms with E-state index in [1.165, 1.54) is 13.3 Å². The summed E-state index contributed by atoms with van der Waals surface area (Å²) in [6.45, 7) is -0.0633. The number of methoxy groups -OCH3 is 2. The highest BCUT2D eigenvalue weighted by molar-refractivity contribution is 5.85. The first kappa shape index (κ1) is 19.9. The van der Waals surface area contributed by atoms with E-state index in [2.05, 4.69) is 15.5 Å². The molecular formula is C20H20N4O5. The Labute approximate surface area is 165 Å². The number of carbonyl (C=O) groups excluding carboxylic acids is 1. The van der Waals surface area contributed by atoms with E-state index in [0.717, 1.165) is 4.57 Å². The highest BCUT2D eigenvalue weighted by atomic mass is 16.5. The van der Waals surface area contributed by atoms with Crippen molar-refractivity contribution in [2.75, 3.05) is 14.2 Å². The molecule has 0 atom stereocenters. The van der Waals surface area contributed by atoms with Crippen LogP contribution in [-0.2, 0) is 11.3 Å². The van der Waals surface area contributed by atoms with Crippen LogP contribution in [0.2, 0.25) is 0 Å². The van der Waals surface area contributed by atoms with Gasteiger partial charge in [0.1, 0.15) is 11.5 Å². The topological polar surface area (TPSA) is 115 Å². The number of hydrazone groups is 1. The number of fused-ring (bicyclic) bond motifs is 1. The predicted octanol–water partition coefficient (Wildman–Crippen LogP) is 1.25. The molecule has 0 fully saturated rings. The van der Waals surface area contributed by atoms with Crippen LogP contribution in [0.15, 0.2) is 57.2 Å². The first-order valence-corrected chi connectivity index (χ1v) is 8.79. The Morgan fingerprint density at radius 3 is 2.72 bits per heavy atom. The van der Waals surface area contributed by atoms with E-state index in [1.807, 2.05) is 0 Å². The molecule has 2 aromatic carbocycles. The number of benzene rings is 2. The summed E-state index contributed by atoms with van der Waals surface area (Å²) in [7, 11) is 3.07. The minimum absolute atomic E-state index is 0.0633. The summed E-state index contributed by atoms with van der Waals surface area (Å²) in [5, 5.41) is 4.28. The third-order valence-electron chi connectivity index (χ3n) is 4.29. The van der Waals surface area contributed by atoms with Crippen LogP contribution >= 0.6 is 0 Å². The van der Waals surface area contributed by atoms with Gasteiger partial charge >= 0.3 is 5.69 Å². The van der Waals surface area contributed by atoms with Crippen LogP contribution in [-0.4, -0.2) is 35.9 Å². The maximum Gasteiger partial charge on any atom is 0.328 e. The Kier molecular flexibility index (Phi) is 6.08. The molecule has 29 heavy (non-hydrogen) atoms. The summed E-state index contributed by atoms with van der Waals surface area (Å²) in [6.07, 6.45) is 1.35. The summed E-state index contributed by atoms with van der Waals surface area (Å²) in [6, 6.07) is 11.9. The molecule has 1 amide bonds. The van der Waals surface area contributed by atoms with Crippen LogP contribution in [0.4, 0.5) is 0 Å². The average molecular weight is 396 g/mol. The number of hydrogen-bond acceptors (Lipinski definition) is 6. The first-order chi connectivity index (χ1) is 14.0. The van der Waals surface area contributed by atoms with Crippen molar-refractivity contribution in [2.24, 2.45) is 5.10 Å². The molecule has 0 spiro atoms. The molecule has 0 saturated heterocycles. The van der Waals surface area contributed by atoms with Crippen LogP contribution in [0, 0.1) is 0 Å². The molecule has 3 aromatic rings. The number of aromatic nitrogens is 2. The molecule has 0 bridgehead atoms. The zero-order chi connectivity index (χ0) is 20.8. The van der Waals surface area contributed by atoms with Crippen LogP contribution < -0.4 is 26.1 Å². The molecule has 0 radical (unpaired) electrons. The molecule has 150 valence electrons. The summed E-state index contributed by atoms with van der Waals surface area (Å²) in [4.78, 5) is 39.2. The molecule has 0 aliphatic rings. The highest BCUT2D eigenvalue weighted by Gasteiger charge is 2.09. The third-order valence-corrected chi connectivity index (χ3v) is 4.29. The SMILES string of the molecule is COc1ccc(/C=N\NC(=O)CCn2c(=O)[nH]c3ccccc3c2=O)c(OC)c1. The number of amides is 1. The average Bonchev–Trinajstić information content (AvgIpc) is 2.73. The van der Waals surface area contributed by atoms with Gasteiger partial charge in [0.05, 0.1) is 31.3 Å². The number of nitrogens with one attached hydrogen (secondary N) is 2. The number of carbonyl (C=O) groups is 1. The number of ether oxygens (including phenoxy) is 2. The largest absolute Gasteiger partial charge is 0.497 e. The Morgan fingerprint density at radius 2 is 1.97 bits per heavy atom. The van der Waals surface area contributed by atoms with Gasteiger partial charge in [-0.05, 0) is 24.3 Å². The summed E-state index contributed by atoms with van der Waals surface area (Å²) in [5.74, 6) is 0.735. The molecule has 0 aliphatic carbocycles. The molecule has 9 nitrogen and oxygen atoms in total. The molecule has 2 N–H and O–H groups in total. The lowest BCUT2D eigenvalue weighted by molar-refractivity contribution is -0.121. The molecule has 0 unspecified atom stereocenters. The Hall–Kier alpha value is -3.88. The van der Waals surface area contributed by atoms with E-state index >= 15 is 0 Å². The fourth-order valence-electron chi connectivity index (χ4n) is 2.77. The molecule has 0 aliphatic heterocycles. The Balaban J connectivity index is 1.65. The monoisotopic (exact) mass is 396 g/mol. The second kappa shape index (κ2) is 8.87. The molecular weight excluding hydrogens is 376 g/mol. The van der Waals surface area contributed by atoms with Gasteiger partial charge < -0.3 is 14.5 Å². The van der Waals surface area contributed by atoms with Gasteiger partial charge in [-0.15, -0.1) is 0 Å². The minimum atomic E-state index is -0.562. The number of aromatic amines is 1. The maximum atomic E-state index is 12.4. The quantitative estimate of drug-likeness (QED) is 0.461. The van der Waals surface area contributed by atoms with Gasteiger partial charge in [-0.2, -0.15) is 5.10 Å². The summed E-state index contributed by atoms with van der Waals surface area (Å²) in [5.41, 5.74) is 2.48. The molecule has 9 heteroatoms. The van der Waals surface area contributed by atoms with Crippen LogP contribution in [0.25, 0.3) is 10.9 Å². The van der Waals surface area contributed by atoms with Crippen molar-refractivity contribution in [1.29, 1.82) is 0 Å². The van der Waals surface area contributed by atoms with Gasteiger partial charge in [-0.1, -0.05) is 12.1 Å². The normalized spacial score (nSPS) is 11.0. The minimum Gasteiger partial charge on any atom is -0.497 e. The van der Waals surface area contributed by atoms with Gasteiger partial charge in [0, 0.05) is 24.6 Å². The van der Waals surface area contributed by atoms with Crippen molar-refractivity contribution in [2.45, 2.75) is 13.0 Å². The van der Waals surface area contributed by atoms with Gasteiger partial charge in [-0.3, -0.25) is 14.2 Å². The van der Waals surface area contributed by atoms with Crippen molar-refractivity contribution in [3.05, 3.63) is 68.9 Å². The van der Waals surface area contributed by atoms with Gasteiger partial charge in [0.2, 0.25) is 5.91 Å². The number of hydrogen-bond donors (Lipinski definition) is 2. The number of rotatable bonds is 7. The van der Waals surface area contributed by atoms with Gasteiger partial charge in [0.25, 0.3) is 5.56 Å². The highest BCUT2D eigenvalue weighted by Crippen LogP contribution is 2.22. The van der Waals surface area contributed by atoms with Gasteiger partial charge in [0.15, 0.2) is 0 Å². The van der Waals surface area contributed by atoms with Crippen molar-refractivity contribution in [3.8, 4) is 11.5 Å². The Morgan fingerprint density at radius 1 is 1.17 bits per heavy atom. The second-order valence-electron chi connectivity index (χ2n) is 6.08. The molecule has 0 saturated carbocycles. The van der Waals surface area contributed by atoms with E-state index in [4.69, 9.17) is 9.47 Å². The zero-order valence-corrected chi connectivity index (χ0v) is 16.0. The summed E-state index contributed by atoms with van der Waals surface area (Å²) >= 11 is 0. The zero-order valence-electron chi connectivity index (χ0n) is 16.0. The van der Waals surface area contributed by atoms with Crippen LogP contribution in [0.1, 0.15) is 12.0 Å². The standard InChI is InChI=1S/C20H20N4O5/c1-28-14-8-7-13(17(11-14)29-2)12-21-23-18(25)9-10-24-19(26)15-5-3-4-6-16(15)22-20(24)27/h3-8,11-12H,9-10H2,1-2H3,(H,22,27)(H,23,25)/b21-12-.